The highest BCUT2D eigenvalue weighted by molar-refractivity contribution is 5.63. The average Bonchev–Trinajstić information content (AvgIpc) is 2.17. The molecule has 0 saturated heterocycles. The number of amides is 1. The monoisotopic (exact) mass is 202 g/mol. The van der Waals surface area contributed by atoms with Gasteiger partial charge in [-0.2, -0.15) is 0 Å². The number of hydrazine groups is 1. The van der Waals surface area contributed by atoms with Crippen LogP contribution in [0.4, 0.5) is 4.79 Å². The smallest absolute Gasteiger partial charge is 0.421 e. The zero-order valence-electron chi connectivity index (χ0n) is 9.49. The molecule has 84 valence electrons. The van der Waals surface area contributed by atoms with Crippen LogP contribution in [-0.4, -0.2) is 41.4 Å². The van der Waals surface area contributed by atoms with Crippen molar-refractivity contribution in [1.82, 2.24) is 10.0 Å². The van der Waals surface area contributed by atoms with E-state index in [0.29, 0.717) is 0 Å². The van der Waals surface area contributed by atoms with Crippen molar-refractivity contribution in [2.45, 2.75) is 39.5 Å². The summed E-state index contributed by atoms with van der Waals surface area (Å²) in [5.41, 5.74) is 0. The van der Waals surface area contributed by atoms with Crippen molar-refractivity contribution in [3.8, 4) is 0 Å². The molecule has 0 spiro atoms. The van der Waals surface area contributed by atoms with Crippen molar-refractivity contribution in [3.05, 3.63) is 0 Å². The highest BCUT2D eigenvalue weighted by Crippen LogP contribution is 2.02. The summed E-state index contributed by atoms with van der Waals surface area (Å²) in [6, 6.07) is 0. The third-order valence-electron chi connectivity index (χ3n) is 2.24. The molecule has 0 aliphatic carbocycles. The van der Waals surface area contributed by atoms with Gasteiger partial charge in [-0.05, 0) is 12.8 Å². The minimum atomic E-state index is -0.878. The predicted octanol–water partition coefficient (Wildman–Crippen LogP) is 2.41. The van der Waals surface area contributed by atoms with Gasteiger partial charge in [-0.1, -0.05) is 26.7 Å². The number of hydrogen-bond donors (Lipinski definition) is 1. The Hall–Kier alpha value is -0.770. The molecule has 0 aromatic rings. The number of rotatable bonds is 7. The number of hydrogen-bond acceptors (Lipinski definition) is 2. The van der Waals surface area contributed by atoms with E-state index in [1.54, 1.807) is 7.05 Å². The zero-order chi connectivity index (χ0) is 11.0. The lowest BCUT2D eigenvalue weighted by atomic mass is 10.3. The molecular weight excluding hydrogens is 180 g/mol. The zero-order valence-corrected chi connectivity index (χ0v) is 9.49. The van der Waals surface area contributed by atoms with Gasteiger partial charge in [0.15, 0.2) is 0 Å². The molecular formula is C10H22N2O2. The van der Waals surface area contributed by atoms with Gasteiger partial charge in [0, 0.05) is 20.1 Å². The molecule has 0 aromatic carbocycles. The van der Waals surface area contributed by atoms with Gasteiger partial charge in [-0.3, -0.25) is 0 Å². The van der Waals surface area contributed by atoms with E-state index in [1.165, 1.54) is 5.01 Å². The van der Waals surface area contributed by atoms with E-state index < -0.39 is 6.09 Å². The molecule has 1 N–H and O–H groups in total. The lowest BCUT2D eigenvalue weighted by molar-refractivity contribution is 0.00881. The molecule has 4 heteroatoms. The predicted molar refractivity (Wildman–Crippen MR) is 57.2 cm³/mol. The molecule has 0 radical (unpaired) electrons. The fourth-order valence-electron chi connectivity index (χ4n) is 1.21. The molecule has 0 heterocycles. The number of carboxylic acid groups (broad SMARTS) is 1. The second-order valence-electron chi connectivity index (χ2n) is 3.47. The third-order valence-corrected chi connectivity index (χ3v) is 2.24. The maximum atomic E-state index is 10.8. The summed E-state index contributed by atoms with van der Waals surface area (Å²) >= 11 is 0. The first kappa shape index (κ1) is 13.2. The Morgan fingerprint density at radius 2 is 1.57 bits per heavy atom. The van der Waals surface area contributed by atoms with Crippen LogP contribution in [0.3, 0.4) is 0 Å². The van der Waals surface area contributed by atoms with Crippen molar-refractivity contribution in [3.63, 3.8) is 0 Å². The maximum Gasteiger partial charge on any atom is 0.421 e. The Labute approximate surface area is 86.5 Å². The highest BCUT2D eigenvalue weighted by atomic mass is 16.4. The summed E-state index contributed by atoms with van der Waals surface area (Å²) in [7, 11) is 1.60. The van der Waals surface area contributed by atoms with E-state index >= 15 is 0 Å². The minimum absolute atomic E-state index is 0.833. The Bertz CT molecular complexity index is 154. The molecule has 0 fully saturated rings. The van der Waals surface area contributed by atoms with Crippen molar-refractivity contribution >= 4 is 6.09 Å². The lowest BCUT2D eigenvalue weighted by Crippen LogP contribution is -2.44. The molecule has 0 aliphatic rings. The molecule has 1 amide bonds. The summed E-state index contributed by atoms with van der Waals surface area (Å²) in [5, 5.41) is 12.0. The van der Waals surface area contributed by atoms with Crippen LogP contribution in [0.15, 0.2) is 0 Å². The maximum absolute atomic E-state index is 10.8. The van der Waals surface area contributed by atoms with E-state index in [9.17, 15) is 4.79 Å². The summed E-state index contributed by atoms with van der Waals surface area (Å²) in [6.45, 7) is 5.89. The van der Waals surface area contributed by atoms with Crippen molar-refractivity contribution < 1.29 is 9.90 Å². The fraction of sp³-hybridized carbons (Fsp3) is 0.900. The van der Waals surface area contributed by atoms with Gasteiger partial charge in [-0.25, -0.2) is 14.8 Å². The quantitative estimate of drug-likeness (QED) is 0.645. The van der Waals surface area contributed by atoms with Gasteiger partial charge >= 0.3 is 6.09 Å². The van der Waals surface area contributed by atoms with Gasteiger partial charge in [0.1, 0.15) is 0 Å². The lowest BCUT2D eigenvalue weighted by Gasteiger charge is -2.29. The van der Waals surface area contributed by atoms with Crippen LogP contribution >= 0.6 is 0 Å². The van der Waals surface area contributed by atoms with Gasteiger partial charge < -0.3 is 5.11 Å². The molecule has 0 rings (SSSR count). The number of nitrogens with zero attached hydrogens (tertiary/aromatic N) is 2. The topological polar surface area (TPSA) is 43.8 Å². The average molecular weight is 202 g/mol. The van der Waals surface area contributed by atoms with Crippen molar-refractivity contribution in [2.75, 3.05) is 20.1 Å². The molecule has 0 atom stereocenters. The van der Waals surface area contributed by atoms with Gasteiger partial charge in [0.05, 0.1) is 0 Å². The van der Waals surface area contributed by atoms with Gasteiger partial charge in [-0.15, -0.1) is 0 Å². The Kier molecular flexibility index (Phi) is 7.20. The Morgan fingerprint density at radius 3 is 1.86 bits per heavy atom. The summed E-state index contributed by atoms with van der Waals surface area (Å²) < 4.78 is 0. The number of unbranched alkanes of at least 4 members (excludes halogenated alkanes) is 2. The SMILES string of the molecule is CCCCN(CCCC)N(C)C(=O)O. The standard InChI is InChI=1S/C10H22N2O2/c1-4-6-8-12(9-7-5-2)11(3)10(13)14/h4-9H2,1-3H3,(H,13,14). The van der Waals surface area contributed by atoms with Crippen LogP contribution < -0.4 is 0 Å². The third kappa shape index (κ3) is 5.07. The molecule has 0 aromatic heterocycles. The van der Waals surface area contributed by atoms with E-state index in [0.717, 1.165) is 38.8 Å². The van der Waals surface area contributed by atoms with E-state index in [2.05, 4.69) is 13.8 Å². The first-order valence-corrected chi connectivity index (χ1v) is 5.35. The first-order valence-electron chi connectivity index (χ1n) is 5.35. The summed E-state index contributed by atoms with van der Waals surface area (Å²) in [6.07, 6.45) is 3.40. The second-order valence-corrected chi connectivity index (χ2v) is 3.47. The van der Waals surface area contributed by atoms with Gasteiger partial charge in [0.25, 0.3) is 0 Å². The Balaban J connectivity index is 4.01. The molecule has 0 saturated carbocycles. The van der Waals surface area contributed by atoms with Crippen LogP contribution in [0.5, 0.6) is 0 Å². The summed E-state index contributed by atoms with van der Waals surface area (Å²) in [4.78, 5) is 10.8. The summed E-state index contributed by atoms with van der Waals surface area (Å²) in [5.74, 6) is 0. The van der Waals surface area contributed by atoms with Crippen LogP contribution in [0, 0.1) is 0 Å². The molecule has 14 heavy (non-hydrogen) atoms. The van der Waals surface area contributed by atoms with E-state index in [-0.39, 0.29) is 0 Å². The number of carbonyl (C=O) groups is 1. The van der Waals surface area contributed by atoms with Crippen LogP contribution in [0.25, 0.3) is 0 Å². The van der Waals surface area contributed by atoms with Crippen molar-refractivity contribution in [1.29, 1.82) is 0 Å². The highest BCUT2D eigenvalue weighted by Gasteiger charge is 2.14. The molecule has 0 aliphatic heterocycles. The minimum Gasteiger partial charge on any atom is -0.464 e. The van der Waals surface area contributed by atoms with Crippen LogP contribution in [-0.2, 0) is 0 Å². The fourth-order valence-corrected chi connectivity index (χ4v) is 1.21. The van der Waals surface area contributed by atoms with E-state index in [1.807, 2.05) is 5.01 Å². The van der Waals surface area contributed by atoms with E-state index in [4.69, 9.17) is 5.11 Å². The molecule has 0 bridgehead atoms. The van der Waals surface area contributed by atoms with Crippen LogP contribution in [0.1, 0.15) is 39.5 Å². The van der Waals surface area contributed by atoms with Crippen LogP contribution in [0.2, 0.25) is 0 Å². The normalized spacial score (nSPS) is 10.6. The first-order chi connectivity index (χ1) is 6.63. The van der Waals surface area contributed by atoms with Gasteiger partial charge in [0.2, 0.25) is 0 Å². The van der Waals surface area contributed by atoms with Crippen molar-refractivity contribution in [2.24, 2.45) is 0 Å². The largest absolute Gasteiger partial charge is 0.464 e. The molecule has 0 unspecified atom stereocenters. The molecule has 4 nitrogen and oxygen atoms in total. The second kappa shape index (κ2) is 7.62. The Morgan fingerprint density at radius 1 is 1.14 bits per heavy atom.